The predicted molar refractivity (Wildman–Crippen MR) is 115 cm³/mol. The van der Waals surface area contributed by atoms with E-state index in [-0.39, 0.29) is 41.0 Å². The number of hydrogen-bond donors (Lipinski definition) is 0. The second-order valence-corrected chi connectivity index (χ2v) is 9.60. The number of rotatable bonds is 6. The van der Waals surface area contributed by atoms with Gasteiger partial charge in [0.25, 0.3) is 0 Å². The van der Waals surface area contributed by atoms with E-state index in [1.807, 2.05) is 31.2 Å². The summed E-state index contributed by atoms with van der Waals surface area (Å²) >= 11 is 5.98. The number of sulfonamides is 1. The van der Waals surface area contributed by atoms with Gasteiger partial charge in [-0.05, 0) is 38.0 Å². The number of piperidine rings is 1. The lowest BCUT2D eigenvalue weighted by Gasteiger charge is -2.34. The van der Waals surface area contributed by atoms with E-state index in [4.69, 9.17) is 16.3 Å². The molecule has 3 rings (SSSR count). The van der Waals surface area contributed by atoms with Crippen LogP contribution in [-0.2, 0) is 14.8 Å². The number of halogens is 1. The van der Waals surface area contributed by atoms with E-state index in [1.54, 1.807) is 25.1 Å². The maximum atomic E-state index is 13.1. The Bertz CT molecular complexity index is 1010. The summed E-state index contributed by atoms with van der Waals surface area (Å²) in [5, 5.41) is -0.0407. The molecule has 1 aromatic carbocycles. The highest BCUT2D eigenvalue weighted by Crippen LogP contribution is 2.32. The Morgan fingerprint density at radius 3 is 2.53 bits per heavy atom. The van der Waals surface area contributed by atoms with E-state index in [0.29, 0.717) is 12.8 Å². The molecule has 0 aliphatic carbocycles. The third kappa shape index (κ3) is 4.45. The highest BCUT2D eigenvalue weighted by molar-refractivity contribution is 7.89. The number of aromatic nitrogens is 1. The SMILES string of the molecule is COc1ccccc1C(C)N(C)C(=O)C1CCN(S(=O)(=O)c2cccnc2Cl)CC1. The van der Waals surface area contributed by atoms with Crippen LogP contribution in [0.4, 0.5) is 0 Å². The second-order valence-electron chi connectivity index (χ2n) is 7.34. The van der Waals surface area contributed by atoms with Crippen LogP contribution in [0.1, 0.15) is 31.4 Å². The topological polar surface area (TPSA) is 79.8 Å². The van der Waals surface area contributed by atoms with Gasteiger partial charge in [0, 0.05) is 37.8 Å². The van der Waals surface area contributed by atoms with Gasteiger partial charge in [-0.15, -0.1) is 0 Å². The molecule has 0 radical (unpaired) electrons. The predicted octanol–water partition coefficient (Wildman–Crippen LogP) is 3.36. The monoisotopic (exact) mass is 451 g/mol. The number of carbonyl (C=O) groups is 1. The third-order valence-corrected chi connectivity index (χ3v) is 8.01. The van der Waals surface area contributed by atoms with Gasteiger partial charge in [0.2, 0.25) is 15.9 Å². The summed E-state index contributed by atoms with van der Waals surface area (Å²) in [6, 6.07) is 10.5. The number of carbonyl (C=O) groups excluding carboxylic acids is 1. The molecule has 7 nitrogen and oxygen atoms in total. The Balaban J connectivity index is 1.67. The molecule has 162 valence electrons. The Labute approximate surface area is 182 Å². The molecule has 1 atom stereocenters. The van der Waals surface area contributed by atoms with Crippen LogP contribution in [0.2, 0.25) is 5.15 Å². The first-order valence-electron chi connectivity index (χ1n) is 9.77. The summed E-state index contributed by atoms with van der Waals surface area (Å²) in [6.07, 6.45) is 2.36. The number of hydrogen-bond acceptors (Lipinski definition) is 5. The summed E-state index contributed by atoms with van der Waals surface area (Å²) in [6.45, 7) is 2.49. The van der Waals surface area contributed by atoms with E-state index < -0.39 is 10.0 Å². The quantitative estimate of drug-likeness (QED) is 0.629. The molecule has 9 heteroatoms. The normalized spacial score (nSPS) is 16.8. The molecule has 1 aliphatic rings. The zero-order valence-corrected chi connectivity index (χ0v) is 18.9. The smallest absolute Gasteiger partial charge is 0.246 e. The molecule has 1 aromatic heterocycles. The van der Waals surface area contributed by atoms with Crippen molar-refractivity contribution >= 4 is 27.5 Å². The molecule has 0 saturated carbocycles. The standard InChI is InChI=1S/C21H26ClN3O4S/c1-15(17-7-4-5-8-18(17)29-3)24(2)21(26)16-10-13-25(14-11-16)30(27,28)19-9-6-12-23-20(19)22/h4-9,12,15-16H,10-11,13-14H2,1-3H3. The zero-order chi connectivity index (χ0) is 21.9. The molecule has 1 fully saturated rings. The second kappa shape index (κ2) is 9.32. The minimum absolute atomic E-state index is 0.00152. The van der Waals surface area contributed by atoms with E-state index >= 15 is 0 Å². The molecule has 2 aromatic rings. The molecule has 1 amide bonds. The number of para-hydroxylation sites is 1. The van der Waals surface area contributed by atoms with Gasteiger partial charge < -0.3 is 9.64 Å². The Hall–Kier alpha value is -2.16. The van der Waals surface area contributed by atoms with Crippen LogP contribution in [0.3, 0.4) is 0 Å². The average Bonchev–Trinajstić information content (AvgIpc) is 2.77. The molecule has 1 unspecified atom stereocenters. The maximum absolute atomic E-state index is 13.1. The molecular formula is C21H26ClN3O4S. The van der Waals surface area contributed by atoms with Crippen molar-refractivity contribution in [3.63, 3.8) is 0 Å². The van der Waals surface area contributed by atoms with E-state index in [2.05, 4.69) is 4.98 Å². The van der Waals surface area contributed by atoms with Crippen molar-refractivity contribution in [1.82, 2.24) is 14.2 Å². The lowest BCUT2D eigenvalue weighted by Crippen LogP contribution is -2.44. The summed E-state index contributed by atoms with van der Waals surface area (Å²) in [5.41, 5.74) is 0.932. The maximum Gasteiger partial charge on any atom is 0.246 e. The van der Waals surface area contributed by atoms with Crippen molar-refractivity contribution in [2.45, 2.75) is 30.7 Å². The highest BCUT2D eigenvalue weighted by Gasteiger charge is 2.35. The molecule has 0 N–H and O–H groups in total. The minimum atomic E-state index is -3.73. The van der Waals surface area contributed by atoms with E-state index in [9.17, 15) is 13.2 Å². The third-order valence-electron chi connectivity index (χ3n) is 5.66. The molecule has 1 aliphatic heterocycles. The van der Waals surface area contributed by atoms with Crippen LogP contribution in [0.15, 0.2) is 47.5 Å². The van der Waals surface area contributed by atoms with Crippen molar-refractivity contribution in [2.75, 3.05) is 27.2 Å². The Kier molecular flexibility index (Phi) is 7.00. The Morgan fingerprint density at radius 1 is 1.23 bits per heavy atom. The minimum Gasteiger partial charge on any atom is -0.496 e. The van der Waals surface area contributed by atoms with Crippen molar-refractivity contribution in [1.29, 1.82) is 0 Å². The number of benzene rings is 1. The van der Waals surface area contributed by atoms with E-state index in [1.165, 1.54) is 16.6 Å². The number of ether oxygens (including phenoxy) is 1. The fourth-order valence-electron chi connectivity index (χ4n) is 3.74. The lowest BCUT2D eigenvalue weighted by atomic mass is 9.95. The van der Waals surface area contributed by atoms with Gasteiger partial charge in [-0.3, -0.25) is 4.79 Å². The fraction of sp³-hybridized carbons (Fsp3) is 0.429. The molecular weight excluding hydrogens is 426 g/mol. The van der Waals surface area contributed by atoms with Crippen LogP contribution in [0, 0.1) is 5.92 Å². The van der Waals surface area contributed by atoms with Crippen LogP contribution in [0.5, 0.6) is 5.75 Å². The average molecular weight is 452 g/mol. The number of nitrogens with zero attached hydrogens (tertiary/aromatic N) is 3. The first-order valence-corrected chi connectivity index (χ1v) is 11.6. The van der Waals surface area contributed by atoms with Gasteiger partial charge in [-0.25, -0.2) is 13.4 Å². The molecule has 30 heavy (non-hydrogen) atoms. The van der Waals surface area contributed by atoms with Crippen molar-refractivity contribution in [3.8, 4) is 5.75 Å². The summed E-state index contributed by atoms with van der Waals surface area (Å²) in [5.74, 6) is 0.506. The number of amides is 1. The molecule has 2 heterocycles. The molecule has 0 spiro atoms. The highest BCUT2D eigenvalue weighted by atomic mass is 35.5. The van der Waals surface area contributed by atoms with Gasteiger partial charge in [0.05, 0.1) is 13.2 Å². The van der Waals surface area contributed by atoms with Crippen LogP contribution in [-0.4, -0.2) is 55.8 Å². The van der Waals surface area contributed by atoms with Crippen molar-refractivity contribution < 1.29 is 17.9 Å². The fourth-order valence-corrected chi connectivity index (χ4v) is 5.64. The van der Waals surface area contributed by atoms with Gasteiger partial charge in [-0.2, -0.15) is 4.31 Å². The zero-order valence-electron chi connectivity index (χ0n) is 17.3. The lowest BCUT2D eigenvalue weighted by molar-refractivity contribution is -0.137. The molecule has 0 bridgehead atoms. The van der Waals surface area contributed by atoms with Crippen LogP contribution >= 0.6 is 11.6 Å². The first kappa shape index (κ1) is 22.5. The van der Waals surface area contributed by atoms with Crippen LogP contribution < -0.4 is 4.74 Å². The summed E-state index contributed by atoms with van der Waals surface area (Å²) in [4.78, 5) is 18.6. The van der Waals surface area contributed by atoms with Crippen molar-refractivity contribution in [3.05, 3.63) is 53.3 Å². The first-order chi connectivity index (χ1) is 14.3. The Morgan fingerprint density at radius 2 is 1.90 bits per heavy atom. The largest absolute Gasteiger partial charge is 0.496 e. The van der Waals surface area contributed by atoms with Crippen molar-refractivity contribution in [2.24, 2.45) is 5.92 Å². The van der Waals surface area contributed by atoms with Gasteiger partial charge in [0.15, 0.2) is 0 Å². The summed E-state index contributed by atoms with van der Waals surface area (Å²) in [7, 11) is -0.348. The summed E-state index contributed by atoms with van der Waals surface area (Å²) < 4.78 is 32.5. The molecule has 1 saturated heterocycles. The van der Waals surface area contributed by atoms with Crippen LogP contribution in [0.25, 0.3) is 0 Å². The number of methoxy groups -OCH3 is 1. The van der Waals surface area contributed by atoms with Gasteiger partial charge in [0.1, 0.15) is 15.8 Å². The number of pyridine rings is 1. The van der Waals surface area contributed by atoms with Gasteiger partial charge in [-0.1, -0.05) is 29.8 Å². The van der Waals surface area contributed by atoms with E-state index in [0.717, 1.165) is 11.3 Å². The van der Waals surface area contributed by atoms with Gasteiger partial charge >= 0.3 is 0 Å².